The Balaban J connectivity index is 4.46. The third kappa shape index (κ3) is 3.42. The first-order valence-electron chi connectivity index (χ1n) is 3.34. The number of halogens is 3. The van der Waals surface area contributed by atoms with Crippen LogP contribution in [0.2, 0.25) is 0 Å². The summed E-state index contributed by atoms with van der Waals surface area (Å²) in [6.45, 7) is 6.75. The summed E-state index contributed by atoms with van der Waals surface area (Å²) in [6, 6.07) is 0. The van der Waals surface area contributed by atoms with Crippen molar-refractivity contribution in [2.24, 2.45) is 0 Å². The lowest BCUT2D eigenvalue weighted by atomic mass is 10.3. The van der Waals surface area contributed by atoms with Crippen molar-refractivity contribution in [3.63, 3.8) is 0 Å². The van der Waals surface area contributed by atoms with Crippen molar-refractivity contribution in [3.8, 4) is 0 Å². The third-order valence-electron chi connectivity index (χ3n) is 1.12. The molecule has 0 spiro atoms. The molecule has 0 aromatic heterocycles. The van der Waals surface area contributed by atoms with Crippen molar-refractivity contribution < 1.29 is 27.5 Å². The van der Waals surface area contributed by atoms with Crippen molar-refractivity contribution in [3.05, 3.63) is 24.3 Å². The summed E-state index contributed by atoms with van der Waals surface area (Å²) in [5.41, 5.74) is -1.90. The number of rotatable bonds is 2. The monoisotopic (exact) mass is 208 g/mol. The smallest absolute Gasteiger partial charge is 0.386 e. The quantitative estimate of drug-likeness (QED) is 0.394. The standard InChI is InChI=1S/C8H7F3O3/c1-4(2)6(12)14-7(13)5(3)8(9,10)11/h1,3H2,2H3. The number of hydrogen-bond donors (Lipinski definition) is 0. The predicted molar refractivity (Wildman–Crippen MR) is 41.1 cm³/mol. The molecule has 0 rings (SSSR count). The van der Waals surface area contributed by atoms with Crippen molar-refractivity contribution in [1.29, 1.82) is 0 Å². The highest BCUT2D eigenvalue weighted by Gasteiger charge is 2.38. The van der Waals surface area contributed by atoms with Gasteiger partial charge in [-0.25, -0.2) is 9.59 Å². The highest BCUT2D eigenvalue weighted by molar-refractivity contribution is 6.01. The average molecular weight is 208 g/mol. The first-order chi connectivity index (χ1) is 6.16. The molecular formula is C8H7F3O3. The fourth-order valence-corrected chi connectivity index (χ4v) is 0.349. The van der Waals surface area contributed by atoms with E-state index < -0.39 is 23.7 Å². The molecule has 0 aliphatic rings. The van der Waals surface area contributed by atoms with Crippen LogP contribution in [0.4, 0.5) is 13.2 Å². The number of carbonyl (C=O) groups excluding carboxylic acids is 2. The molecule has 0 saturated carbocycles. The van der Waals surface area contributed by atoms with Gasteiger partial charge in [-0.1, -0.05) is 13.2 Å². The maximum absolute atomic E-state index is 11.8. The lowest BCUT2D eigenvalue weighted by Crippen LogP contribution is -2.23. The fraction of sp³-hybridized carbons (Fsp3) is 0.250. The van der Waals surface area contributed by atoms with E-state index in [2.05, 4.69) is 17.9 Å². The normalized spacial score (nSPS) is 10.6. The molecule has 0 radical (unpaired) electrons. The van der Waals surface area contributed by atoms with Gasteiger partial charge in [-0.2, -0.15) is 13.2 Å². The zero-order valence-corrected chi connectivity index (χ0v) is 7.27. The highest BCUT2D eigenvalue weighted by atomic mass is 19.4. The Kier molecular flexibility index (Phi) is 3.62. The molecule has 6 heteroatoms. The van der Waals surface area contributed by atoms with E-state index in [0.29, 0.717) is 0 Å². The second-order valence-electron chi connectivity index (χ2n) is 2.43. The van der Waals surface area contributed by atoms with Crippen LogP contribution in [0.1, 0.15) is 6.92 Å². The molecule has 0 aliphatic carbocycles. The molecule has 0 amide bonds. The Hall–Kier alpha value is -1.59. The third-order valence-corrected chi connectivity index (χ3v) is 1.12. The lowest BCUT2D eigenvalue weighted by molar-refractivity contribution is -0.160. The summed E-state index contributed by atoms with van der Waals surface area (Å²) >= 11 is 0. The molecule has 0 atom stereocenters. The summed E-state index contributed by atoms with van der Waals surface area (Å²) in [7, 11) is 0. The average Bonchev–Trinajstić information content (AvgIpc) is 2.00. The van der Waals surface area contributed by atoms with Crippen LogP contribution in [0.15, 0.2) is 24.3 Å². The van der Waals surface area contributed by atoms with E-state index >= 15 is 0 Å². The van der Waals surface area contributed by atoms with Gasteiger partial charge in [0.2, 0.25) is 0 Å². The van der Waals surface area contributed by atoms with E-state index in [-0.39, 0.29) is 5.57 Å². The van der Waals surface area contributed by atoms with Gasteiger partial charge in [-0.3, -0.25) is 0 Å². The summed E-state index contributed by atoms with van der Waals surface area (Å²) < 4.78 is 39.3. The maximum atomic E-state index is 11.8. The van der Waals surface area contributed by atoms with Crippen molar-refractivity contribution >= 4 is 11.9 Å². The Morgan fingerprint density at radius 1 is 1.14 bits per heavy atom. The van der Waals surface area contributed by atoms with Gasteiger partial charge in [0.15, 0.2) is 0 Å². The first-order valence-corrected chi connectivity index (χ1v) is 3.34. The highest BCUT2D eigenvalue weighted by Crippen LogP contribution is 2.24. The van der Waals surface area contributed by atoms with Crippen molar-refractivity contribution in [2.75, 3.05) is 0 Å². The van der Waals surface area contributed by atoms with Gasteiger partial charge in [-0.05, 0) is 6.92 Å². The molecule has 3 nitrogen and oxygen atoms in total. The molecule has 0 heterocycles. The number of hydrogen-bond acceptors (Lipinski definition) is 3. The van der Waals surface area contributed by atoms with E-state index in [1.54, 1.807) is 0 Å². The van der Waals surface area contributed by atoms with Crippen molar-refractivity contribution in [1.82, 2.24) is 0 Å². The zero-order chi connectivity index (χ0) is 11.5. The molecule has 0 unspecified atom stereocenters. The van der Waals surface area contributed by atoms with Crippen LogP contribution in [0.5, 0.6) is 0 Å². The van der Waals surface area contributed by atoms with Gasteiger partial charge in [0.25, 0.3) is 0 Å². The molecular weight excluding hydrogens is 201 g/mol. The number of ether oxygens (including phenoxy) is 1. The maximum Gasteiger partial charge on any atom is 0.422 e. The van der Waals surface area contributed by atoms with E-state index in [1.807, 2.05) is 0 Å². The number of carbonyl (C=O) groups is 2. The van der Waals surface area contributed by atoms with Crippen LogP contribution in [0, 0.1) is 0 Å². The van der Waals surface area contributed by atoms with Gasteiger partial charge in [0, 0.05) is 5.57 Å². The molecule has 0 aliphatic heterocycles. The van der Waals surface area contributed by atoms with Crippen LogP contribution in [-0.4, -0.2) is 18.1 Å². The summed E-state index contributed by atoms with van der Waals surface area (Å²) in [5.74, 6) is -3.02. The fourth-order valence-electron chi connectivity index (χ4n) is 0.349. The van der Waals surface area contributed by atoms with Gasteiger partial charge in [-0.15, -0.1) is 0 Å². The minimum atomic E-state index is -4.90. The van der Waals surface area contributed by atoms with Crippen LogP contribution in [-0.2, 0) is 14.3 Å². The van der Waals surface area contributed by atoms with Crippen LogP contribution in [0.25, 0.3) is 0 Å². The van der Waals surface area contributed by atoms with Gasteiger partial charge >= 0.3 is 18.1 Å². The molecule has 0 bridgehead atoms. The van der Waals surface area contributed by atoms with E-state index in [9.17, 15) is 22.8 Å². The topological polar surface area (TPSA) is 43.4 Å². The van der Waals surface area contributed by atoms with E-state index in [4.69, 9.17) is 0 Å². The Bertz CT molecular complexity index is 301. The minimum absolute atomic E-state index is 0.173. The molecule has 78 valence electrons. The van der Waals surface area contributed by atoms with Crippen LogP contribution >= 0.6 is 0 Å². The Labute approximate surface area is 77.8 Å². The van der Waals surface area contributed by atoms with E-state index in [0.717, 1.165) is 0 Å². The van der Waals surface area contributed by atoms with E-state index in [1.165, 1.54) is 6.92 Å². The minimum Gasteiger partial charge on any atom is -0.386 e. The summed E-state index contributed by atoms with van der Waals surface area (Å²) in [4.78, 5) is 21.2. The molecule has 14 heavy (non-hydrogen) atoms. The SMILES string of the molecule is C=C(C)C(=O)OC(=O)C(=C)C(F)(F)F. The Morgan fingerprint density at radius 2 is 1.57 bits per heavy atom. The lowest BCUT2D eigenvalue weighted by Gasteiger charge is -2.07. The second-order valence-corrected chi connectivity index (χ2v) is 2.43. The van der Waals surface area contributed by atoms with Gasteiger partial charge < -0.3 is 4.74 Å². The molecule has 0 aromatic rings. The zero-order valence-electron chi connectivity index (χ0n) is 7.27. The van der Waals surface area contributed by atoms with Crippen LogP contribution in [0.3, 0.4) is 0 Å². The van der Waals surface area contributed by atoms with Gasteiger partial charge in [0.1, 0.15) is 5.57 Å². The van der Waals surface area contributed by atoms with Crippen molar-refractivity contribution in [2.45, 2.75) is 13.1 Å². The van der Waals surface area contributed by atoms with Crippen LogP contribution < -0.4 is 0 Å². The van der Waals surface area contributed by atoms with Gasteiger partial charge in [0.05, 0.1) is 0 Å². The first kappa shape index (κ1) is 12.4. The largest absolute Gasteiger partial charge is 0.422 e. The molecule has 0 aromatic carbocycles. The molecule has 0 N–H and O–H groups in total. The number of esters is 2. The molecule has 0 fully saturated rings. The summed E-state index contributed by atoms with van der Waals surface area (Å²) in [6.07, 6.45) is -4.90. The Morgan fingerprint density at radius 3 is 1.86 bits per heavy atom. The second kappa shape index (κ2) is 4.08. The summed E-state index contributed by atoms with van der Waals surface area (Å²) in [5, 5.41) is 0. The number of alkyl halides is 3. The predicted octanol–water partition coefficient (Wildman–Crippen LogP) is 1.75. The molecule has 0 saturated heterocycles.